The molecule has 1 nitrogen and oxygen atoms in total. The van der Waals surface area contributed by atoms with E-state index in [9.17, 15) is 0 Å². The van der Waals surface area contributed by atoms with E-state index in [1.807, 2.05) is 13.1 Å². The second kappa shape index (κ2) is 4.15. The highest BCUT2D eigenvalue weighted by Crippen LogP contribution is 2.26. The average molecular weight is 163 g/mol. The third-order valence-corrected chi connectivity index (χ3v) is 2.34. The molecule has 0 aliphatic heterocycles. The minimum atomic E-state index is 1.09. The van der Waals surface area contributed by atoms with Gasteiger partial charge >= 0.3 is 0 Å². The summed E-state index contributed by atoms with van der Waals surface area (Å²) in [6, 6.07) is 0. The first kappa shape index (κ1) is 9.11. The molecule has 1 aliphatic rings. The summed E-state index contributed by atoms with van der Waals surface area (Å²) in [4.78, 5) is 0. The Morgan fingerprint density at radius 1 is 1.67 bits per heavy atom. The van der Waals surface area contributed by atoms with Crippen LogP contribution in [0.15, 0.2) is 35.6 Å². The van der Waals surface area contributed by atoms with Crippen LogP contribution in [0.25, 0.3) is 0 Å². The topological polar surface area (TPSA) is 12.0 Å². The lowest BCUT2D eigenvalue weighted by Crippen LogP contribution is -2.12. The van der Waals surface area contributed by atoms with E-state index in [0.717, 1.165) is 19.3 Å². The molecule has 1 aliphatic carbocycles. The van der Waals surface area contributed by atoms with E-state index >= 15 is 0 Å². The lowest BCUT2D eigenvalue weighted by molar-refractivity contribution is 0.852. The second-order valence-electron chi connectivity index (χ2n) is 2.97. The summed E-state index contributed by atoms with van der Waals surface area (Å²) in [5, 5.41) is 3.22. The lowest BCUT2D eigenvalue weighted by atomic mass is 9.93. The number of nitrogens with one attached hydrogen (secondary N) is 1. The fourth-order valence-corrected chi connectivity index (χ4v) is 1.71. The van der Waals surface area contributed by atoms with Crippen LogP contribution in [0, 0.1) is 0 Å². The summed E-state index contributed by atoms with van der Waals surface area (Å²) in [6.07, 6.45) is 7.64. The zero-order chi connectivity index (χ0) is 8.97. The van der Waals surface area contributed by atoms with Gasteiger partial charge in [0.1, 0.15) is 0 Å². The molecule has 0 amide bonds. The van der Waals surface area contributed by atoms with Gasteiger partial charge in [-0.1, -0.05) is 25.7 Å². The van der Waals surface area contributed by atoms with Crippen molar-refractivity contribution in [2.45, 2.75) is 26.2 Å². The Labute approximate surface area is 74.9 Å². The van der Waals surface area contributed by atoms with Gasteiger partial charge in [0.05, 0.1) is 0 Å². The molecule has 0 spiro atoms. The van der Waals surface area contributed by atoms with Crippen LogP contribution in [0.2, 0.25) is 0 Å². The maximum atomic E-state index is 3.84. The Kier molecular flexibility index (Phi) is 3.15. The molecule has 0 aromatic heterocycles. The van der Waals surface area contributed by atoms with Gasteiger partial charge in [0.25, 0.3) is 0 Å². The molecule has 0 saturated carbocycles. The van der Waals surface area contributed by atoms with Crippen molar-refractivity contribution >= 4 is 0 Å². The van der Waals surface area contributed by atoms with Gasteiger partial charge in [-0.2, -0.15) is 0 Å². The van der Waals surface area contributed by atoms with Crippen LogP contribution in [-0.2, 0) is 0 Å². The highest BCUT2D eigenvalue weighted by Gasteiger charge is 2.10. The third kappa shape index (κ3) is 1.60. The minimum absolute atomic E-state index is 1.09. The van der Waals surface area contributed by atoms with Crippen LogP contribution < -0.4 is 5.32 Å². The van der Waals surface area contributed by atoms with Gasteiger partial charge in [-0.05, 0) is 30.4 Å². The summed E-state index contributed by atoms with van der Waals surface area (Å²) >= 11 is 0. The number of likely N-dealkylation sites (N-methyl/N-ethyl adjacent to an activating group) is 1. The zero-order valence-corrected chi connectivity index (χ0v) is 7.98. The summed E-state index contributed by atoms with van der Waals surface area (Å²) in [7, 11) is 1.98. The predicted octanol–water partition coefficient (Wildman–Crippen LogP) is 2.78. The van der Waals surface area contributed by atoms with Gasteiger partial charge in [0.15, 0.2) is 0 Å². The predicted molar refractivity (Wildman–Crippen MR) is 53.9 cm³/mol. The van der Waals surface area contributed by atoms with Gasteiger partial charge in [-0.25, -0.2) is 0 Å². The highest BCUT2D eigenvalue weighted by atomic mass is 14.8. The van der Waals surface area contributed by atoms with Crippen molar-refractivity contribution in [2.24, 2.45) is 0 Å². The van der Waals surface area contributed by atoms with Crippen LogP contribution in [0.1, 0.15) is 26.2 Å². The molecule has 66 valence electrons. The number of rotatable bonds is 3. The normalized spacial score (nSPS) is 17.3. The Hall–Kier alpha value is -0.980. The average Bonchev–Trinajstić information content (AvgIpc) is 2.16. The molecule has 0 radical (unpaired) electrons. The van der Waals surface area contributed by atoms with Crippen molar-refractivity contribution in [3.8, 4) is 0 Å². The summed E-state index contributed by atoms with van der Waals surface area (Å²) in [5.74, 6) is 0. The summed E-state index contributed by atoms with van der Waals surface area (Å²) in [5.41, 5.74) is 4.13. The van der Waals surface area contributed by atoms with Crippen molar-refractivity contribution in [1.82, 2.24) is 5.32 Å². The Bertz CT molecular complexity index is 233. The SMILES string of the molecule is C=CC1=C(CC)C(NC)=CCC1. The molecule has 0 aromatic carbocycles. The molecular formula is C11H17N. The van der Waals surface area contributed by atoms with Crippen molar-refractivity contribution < 1.29 is 0 Å². The van der Waals surface area contributed by atoms with E-state index in [4.69, 9.17) is 0 Å². The van der Waals surface area contributed by atoms with E-state index in [0.29, 0.717) is 0 Å². The fourth-order valence-electron chi connectivity index (χ4n) is 1.71. The Balaban J connectivity index is 2.96. The highest BCUT2D eigenvalue weighted by molar-refractivity contribution is 5.41. The van der Waals surface area contributed by atoms with Crippen LogP contribution in [0.5, 0.6) is 0 Å². The van der Waals surface area contributed by atoms with Gasteiger partial charge < -0.3 is 5.32 Å². The van der Waals surface area contributed by atoms with Crippen LogP contribution in [0.3, 0.4) is 0 Å². The fraction of sp³-hybridized carbons (Fsp3) is 0.455. The Morgan fingerprint density at radius 3 is 2.92 bits per heavy atom. The van der Waals surface area contributed by atoms with E-state index in [2.05, 4.69) is 24.9 Å². The van der Waals surface area contributed by atoms with Gasteiger partial charge in [0, 0.05) is 12.7 Å². The summed E-state index contributed by atoms with van der Waals surface area (Å²) < 4.78 is 0. The maximum absolute atomic E-state index is 3.84. The van der Waals surface area contributed by atoms with Gasteiger partial charge in [-0.3, -0.25) is 0 Å². The minimum Gasteiger partial charge on any atom is -0.388 e. The molecule has 1 N–H and O–H groups in total. The van der Waals surface area contributed by atoms with Crippen molar-refractivity contribution in [3.63, 3.8) is 0 Å². The maximum Gasteiger partial charge on any atom is 0.0332 e. The van der Waals surface area contributed by atoms with E-state index < -0.39 is 0 Å². The van der Waals surface area contributed by atoms with E-state index in [1.54, 1.807) is 0 Å². The summed E-state index contributed by atoms with van der Waals surface area (Å²) in [6.45, 7) is 6.03. The number of hydrogen-bond donors (Lipinski definition) is 1. The third-order valence-electron chi connectivity index (χ3n) is 2.34. The quantitative estimate of drug-likeness (QED) is 0.674. The van der Waals surface area contributed by atoms with Crippen LogP contribution in [-0.4, -0.2) is 7.05 Å². The molecular weight excluding hydrogens is 146 g/mol. The van der Waals surface area contributed by atoms with Crippen molar-refractivity contribution in [3.05, 3.63) is 35.6 Å². The number of allylic oxidation sites excluding steroid dienone is 4. The smallest absolute Gasteiger partial charge is 0.0332 e. The Morgan fingerprint density at radius 2 is 2.42 bits per heavy atom. The largest absolute Gasteiger partial charge is 0.388 e. The van der Waals surface area contributed by atoms with Gasteiger partial charge in [-0.15, -0.1) is 0 Å². The van der Waals surface area contributed by atoms with Crippen molar-refractivity contribution in [2.75, 3.05) is 7.05 Å². The standard InChI is InChI=1S/C11H17N/c1-4-9-7-6-8-11(12-3)10(9)5-2/h4,8,12H,1,5-7H2,2-3H3. The molecule has 0 saturated heterocycles. The molecule has 0 atom stereocenters. The monoisotopic (exact) mass is 163 g/mol. The molecule has 0 bridgehead atoms. The van der Waals surface area contributed by atoms with Crippen LogP contribution in [0.4, 0.5) is 0 Å². The van der Waals surface area contributed by atoms with E-state index in [-0.39, 0.29) is 0 Å². The molecule has 0 fully saturated rings. The molecule has 1 heteroatoms. The number of hydrogen-bond acceptors (Lipinski definition) is 1. The van der Waals surface area contributed by atoms with Gasteiger partial charge in [0.2, 0.25) is 0 Å². The van der Waals surface area contributed by atoms with Crippen molar-refractivity contribution in [1.29, 1.82) is 0 Å². The first-order valence-corrected chi connectivity index (χ1v) is 4.56. The second-order valence-corrected chi connectivity index (χ2v) is 2.97. The van der Waals surface area contributed by atoms with Crippen LogP contribution >= 0.6 is 0 Å². The molecule has 0 heterocycles. The molecule has 0 aromatic rings. The molecule has 12 heavy (non-hydrogen) atoms. The molecule has 1 rings (SSSR count). The zero-order valence-electron chi connectivity index (χ0n) is 7.98. The lowest BCUT2D eigenvalue weighted by Gasteiger charge is -2.18. The first-order valence-electron chi connectivity index (χ1n) is 4.56. The first-order chi connectivity index (χ1) is 5.83. The van der Waals surface area contributed by atoms with E-state index in [1.165, 1.54) is 16.8 Å². The molecule has 0 unspecified atom stereocenters.